The van der Waals surface area contributed by atoms with E-state index in [0.717, 1.165) is 0 Å². The van der Waals surface area contributed by atoms with E-state index in [-0.39, 0.29) is 22.9 Å². The fourth-order valence-electron chi connectivity index (χ4n) is 1.53. The first-order valence-electron chi connectivity index (χ1n) is 6.69. The molecule has 1 rings (SSSR count). The van der Waals surface area contributed by atoms with Gasteiger partial charge in [0.15, 0.2) is 5.82 Å². The second-order valence-electron chi connectivity index (χ2n) is 5.33. The Morgan fingerprint density at radius 2 is 2.00 bits per heavy atom. The summed E-state index contributed by atoms with van der Waals surface area (Å²) in [5.74, 6) is -0.605. The zero-order chi connectivity index (χ0) is 16.9. The molecule has 122 valence electrons. The number of methoxy groups -OCH3 is 1. The number of aromatic nitrogens is 1. The van der Waals surface area contributed by atoms with Crippen molar-refractivity contribution in [3.63, 3.8) is 0 Å². The van der Waals surface area contributed by atoms with Crippen molar-refractivity contribution in [3.8, 4) is 5.88 Å². The predicted molar refractivity (Wildman–Crippen MR) is 81.0 cm³/mol. The highest BCUT2D eigenvalue weighted by atomic mass is 16.6. The number of amides is 1. The number of hydrogen-bond acceptors (Lipinski definition) is 7. The van der Waals surface area contributed by atoms with Gasteiger partial charge < -0.3 is 19.9 Å². The van der Waals surface area contributed by atoms with Crippen LogP contribution in [0.3, 0.4) is 0 Å². The molecule has 0 bridgehead atoms. The van der Waals surface area contributed by atoms with Gasteiger partial charge in [0.25, 0.3) is 0 Å². The first-order valence-corrected chi connectivity index (χ1v) is 6.69. The predicted octanol–water partition coefficient (Wildman–Crippen LogP) is 2.20. The second kappa shape index (κ2) is 6.97. The van der Waals surface area contributed by atoms with Crippen molar-refractivity contribution in [3.05, 3.63) is 11.6 Å². The summed E-state index contributed by atoms with van der Waals surface area (Å²) in [7, 11) is 1.23. The highest BCUT2D eigenvalue weighted by molar-refractivity contribution is 5.96. The van der Waals surface area contributed by atoms with Gasteiger partial charge in [-0.15, -0.1) is 0 Å². The number of anilines is 2. The molecular formula is C14H21N3O5. The van der Waals surface area contributed by atoms with E-state index in [0.29, 0.717) is 6.61 Å². The highest BCUT2D eigenvalue weighted by Crippen LogP contribution is 2.26. The number of nitrogens with one attached hydrogen (secondary N) is 1. The van der Waals surface area contributed by atoms with Gasteiger partial charge in [-0.2, -0.15) is 4.98 Å². The average Bonchev–Trinajstić information content (AvgIpc) is 2.39. The molecule has 0 atom stereocenters. The van der Waals surface area contributed by atoms with Crippen molar-refractivity contribution in [1.29, 1.82) is 0 Å². The van der Waals surface area contributed by atoms with Crippen LogP contribution in [0.25, 0.3) is 0 Å². The lowest BCUT2D eigenvalue weighted by Gasteiger charge is -2.20. The quantitative estimate of drug-likeness (QED) is 0.819. The van der Waals surface area contributed by atoms with Gasteiger partial charge in [0, 0.05) is 0 Å². The van der Waals surface area contributed by atoms with Crippen LogP contribution < -0.4 is 15.8 Å². The molecular weight excluding hydrogens is 290 g/mol. The number of rotatable bonds is 4. The molecule has 1 heterocycles. The molecule has 0 aliphatic rings. The molecule has 8 heteroatoms. The molecule has 0 saturated heterocycles. The summed E-state index contributed by atoms with van der Waals surface area (Å²) in [6.07, 6.45) is -0.707. The van der Waals surface area contributed by atoms with Crippen LogP contribution >= 0.6 is 0 Å². The molecule has 0 radical (unpaired) electrons. The zero-order valence-corrected chi connectivity index (χ0v) is 13.4. The van der Waals surface area contributed by atoms with Crippen molar-refractivity contribution < 1.29 is 23.8 Å². The second-order valence-corrected chi connectivity index (χ2v) is 5.33. The minimum Gasteiger partial charge on any atom is -0.477 e. The summed E-state index contributed by atoms with van der Waals surface area (Å²) >= 11 is 0. The fourth-order valence-corrected chi connectivity index (χ4v) is 1.53. The number of nitrogens with zero attached hydrogens (tertiary/aromatic N) is 1. The van der Waals surface area contributed by atoms with E-state index < -0.39 is 17.7 Å². The Labute approximate surface area is 128 Å². The largest absolute Gasteiger partial charge is 0.477 e. The molecule has 3 N–H and O–H groups in total. The van der Waals surface area contributed by atoms with E-state index in [1.165, 1.54) is 13.2 Å². The maximum Gasteiger partial charge on any atom is 0.412 e. The van der Waals surface area contributed by atoms with E-state index in [9.17, 15) is 9.59 Å². The molecule has 0 aliphatic heterocycles. The smallest absolute Gasteiger partial charge is 0.412 e. The molecule has 0 spiro atoms. The maximum absolute atomic E-state index is 11.8. The number of carbonyl (C=O) groups excluding carboxylic acids is 2. The third kappa shape index (κ3) is 4.80. The number of nitrogen functional groups attached to an aromatic ring is 1. The van der Waals surface area contributed by atoms with Crippen LogP contribution in [-0.4, -0.2) is 36.4 Å². The van der Waals surface area contributed by atoms with Gasteiger partial charge in [-0.3, -0.25) is 5.32 Å². The fraction of sp³-hybridized carbons (Fsp3) is 0.500. The molecule has 0 aliphatic carbocycles. The van der Waals surface area contributed by atoms with Crippen LogP contribution in [0.5, 0.6) is 5.88 Å². The van der Waals surface area contributed by atoms with Crippen LogP contribution in [0.4, 0.5) is 16.3 Å². The van der Waals surface area contributed by atoms with Gasteiger partial charge in [0.1, 0.15) is 11.2 Å². The van der Waals surface area contributed by atoms with Crippen molar-refractivity contribution in [2.45, 2.75) is 33.3 Å². The minimum atomic E-state index is -0.707. The molecule has 0 fully saturated rings. The summed E-state index contributed by atoms with van der Waals surface area (Å²) in [6.45, 7) is 7.23. The first kappa shape index (κ1) is 17.5. The van der Waals surface area contributed by atoms with Gasteiger partial charge in [-0.1, -0.05) is 0 Å². The molecule has 1 aromatic rings. The Bertz CT molecular complexity index is 566. The first-order chi connectivity index (χ1) is 10.2. The van der Waals surface area contributed by atoms with Gasteiger partial charge in [-0.25, -0.2) is 9.59 Å². The van der Waals surface area contributed by atoms with Gasteiger partial charge in [0.05, 0.1) is 19.4 Å². The lowest BCUT2D eigenvalue weighted by atomic mass is 10.2. The lowest BCUT2D eigenvalue weighted by molar-refractivity contribution is 0.0591. The summed E-state index contributed by atoms with van der Waals surface area (Å²) in [5.41, 5.74) is 5.29. The maximum atomic E-state index is 11.8. The van der Waals surface area contributed by atoms with E-state index >= 15 is 0 Å². The summed E-state index contributed by atoms with van der Waals surface area (Å²) < 4.78 is 15.0. The summed E-state index contributed by atoms with van der Waals surface area (Å²) in [6, 6.07) is 1.34. The van der Waals surface area contributed by atoms with Crippen LogP contribution in [0.1, 0.15) is 38.1 Å². The summed E-state index contributed by atoms with van der Waals surface area (Å²) in [5, 5.41) is 2.44. The topological polar surface area (TPSA) is 113 Å². The average molecular weight is 311 g/mol. The zero-order valence-electron chi connectivity index (χ0n) is 13.4. The number of nitrogens with two attached hydrogens (primary N) is 1. The van der Waals surface area contributed by atoms with Gasteiger partial charge in [-0.05, 0) is 33.8 Å². The number of carbonyl (C=O) groups is 2. The Balaban J connectivity index is 3.10. The summed E-state index contributed by atoms with van der Waals surface area (Å²) in [4.78, 5) is 27.5. The van der Waals surface area contributed by atoms with Crippen molar-refractivity contribution in [1.82, 2.24) is 4.98 Å². The van der Waals surface area contributed by atoms with E-state index in [1.807, 2.05) is 0 Å². The molecule has 1 amide bonds. The molecule has 0 aromatic carbocycles. The van der Waals surface area contributed by atoms with Crippen molar-refractivity contribution in [2.24, 2.45) is 0 Å². The molecule has 0 unspecified atom stereocenters. The van der Waals surface area contributed by atoms with E-state index in [1.54, 1.807) is 27.7 Å². The molecule has 1 aromatic heterocycles. The highest BCUT2D eigenvalue weighted by Gasteiger charge is 2.21. The van der Waals surface area contributed by atoms with Crippen molar-refractivity contribution in [2.75, 3.05) is 24.8 Å². The normalized spacial score (nSPS) is 10.8. The number of pyridine rings is 1. The monoisotopic (exact) mass is 311 g/mol. The van der Waals surface area contributed by atoms with Gasteiger partial charge in [0.2, 0.25) is 5.88 Å². The van der Waals surface area contributed by atoms with Crippen LogP contribution in [0.15, 0.2) is 6.07 Å². The van der Waals surface area contributed by atoms with Crippen LogP contribution in [0, 0.1) is 0 Å². The Hall–Kier alpha value is -2.51. The Morgan fingerprint density at radius 1 is 1.36 bits per heavy atom. The molecule has 8 nitrogen and oxygen atoms in total. The van der Waals surface area contributed by atoms with Crippen molar-refractivity contribution >= 4 is 23.6 Å². The number of hydrogen-bond donors (Lipinski definition) is 2. The Morgan fingerprint density at radius 3 is 2.50 bits per heavy atom. The third-order valence-electron chi connectivity index (χ3n) is 2.34. The SMILES string of the molecule is CCOc1nc(N)c(NC(=O)OC(C)(C)C)cc1C(=O)OC. The minimum absolute atomic E-state index is 0.00182. The van der Waals surface area contributed by atoms with E-state index in [2.05, 4.69) is 15.0 Å². The van der Waals surface area contributed by atoms with Crippen LogP contribution in [-0.2, 0) is 9.47 Å². The number of esters is 1. The van der Waals surface area contributed by atoms with Crippen LogP contribution in [0.2, 0.25) is 0 Å². The molecule has 22 heavy (non-hydrogen) atoms. The van der Waals surface area contributed by atoms with E-state index in [4.69, 9.17) is 15.2 Å². The number of ether oxygens (including phenoxy) is 3. The molecule has 0 saturated carbocycles. The van der Waals surface area contributed by atoms with Gasteiger partial charge >= 0.3 is 12.1 Å². The Kier molecular flexibility index (Phi) is 5.56. The third-order valence-corrected chi connectivity index (χ3v) is 2.34. The lowest BCUT2D eigenvalue weighted by Crippen LogP contribution is -2.27. The standard InChI is InChI=1S/C14H21N3O5/c1-6-21-11-8(12(18)20-5)7-9(10(15)17-11)16-13(19)22-14(2,3)4/h7H,6H2,1-5H3,(H2,15,17)(H,16,19).